The number of nitrogens with zero attached hydrogens (tertiary/aromatic N) is 1. The summed E-state index contributed by atoms with van der Waals surface area (Å²) in [7, 11) is -1.98. The predicted octanol–water partition coefficient (Wildman–Crippen LogP) is 4.28. The second-order valence-electron chi connectivity index (χ2n) is 9.33. The Kier molecular flexibility index (Phi) is 6.15. The van der Waals surface area contributed by atoms with Crippen molar-refractivity contribution in [3.8, 4) is 5.75 Å². The highest BCUT2D eigenvalue weighted by Gasteiger charge is 2.48. The van der Waals surface area contributed by atoms with Gasteiger partial charge in [0.15, 0.2) is 5.78 Å². The second-order valence-corrected chi connectivity index (χ2v) is 11.3. The van der Waals surface area contributed by atoms with Crippen molar-refractivity contribution >= 4 is 15.8 Å². The normalized spacial score (nSPS) is 21.7. The molecule has 2 aromatic carbocycles. The molecule has 1 aliphatic carbocycles. The van der Waals surface area contributed by atoms with Gasteiger partial charge in [0.25, 0.3) is 0 Å². The summed E-state index contributed by atoms with van der Waals surface area (Å²) in [5.41, 5.74) is 3.82. The summed E-state index contributed by atoms with van der Waals surface area (Å²) < 4.78 is 33.9. The van der Waals surface area contributed by atoms with Crippen LogP contribution in [0, 0.1) is 6.92 Å². The Morgan fingerprint density at radius 3 is 2.43 bits per heavy atom. The number of fused-ring (bicyclic) bond motifs is 3. The van der Waals surface area contributed by atoms with Crippen LogP contribution >= 0.6 is 0 Å². The smallest absolute Gasteiger partial charge is 0.243 e. The predicted molar refractivity (Wildman–Crippen MR) is 136 cm³/mol. The van der Waals surface area contributed by atoms with Crippen LogP contribution in [0.3, 0.4) is 0 Å². The Balaban J connectivity index is 1.57. The molecule has 1 spiro atoms. The van der Waals surface area contributed by atoms with Gasteiger partial charge in [-0.2, -0.15) is 4.31 Å². The van der Waals surface area contributed by atoms with E-state index in [1.165, 1.54) is 0 Å². The van der Waals surface area contributed by atoms with Gasteiger partial charge < -0.3 is 10.1 Å². The maximum atomic E-state index is 13.6. The number of ketones is 1. The summed E-state index contributed by atoms with van der Waals surface area (Å²) in [5, 5.41) is 3.55. The van der Waals surface area contributed by atoms with E-state index in [-0.39, 0.29) is 5.78 Å². The Labute approximate surface area is 207 Å². The fraction of sp³-hybridized carbons (Fsp3) is 0.321. The molecule has 1 fully saturated rings. The van der Waals surface area contributed by atoms with Gasteiger partial charge in [-0.25, -0.2) is 8.42 Å². The lowest BCUT2D eigenvalue weighted by atomic mass is 9.63. The zero-order valence-electron chi connectivity index (χ0n) is 20.1. The van der Waals surface area contributed by atoms with Crippen LogP contribution in [0.2, 0.25) is 0 Å². The Morgan fingerprint density at radius 1 is 1.00 bits per heavy atom. The van der Waals surface area contributed by atoms with Gasteiger partial charge in [0.2, 0.25) is 10.0 Å². The molecular formula is C28H30N2O4S. The molecule has 2 aromatic rings. The number of nitrogens with one attached hydrogen (secondary N) is 1. The molecule has 0 radical (unpaired) electrons. The first-order valence-corrected chi connectivity index (χ1v) is 13.4. The zero-order chi connectivity index (χ0) is 24.6. The molecule has 1 N–H and O–H groups in total. The third-order valence-electron chi connectivity index (χ3n) is 7.38. The first kappa shape index (κ1) is 23.6. The molecule has 3 aliphatic rings. The van der Waals surface area contributed by atoms with Gasteiger partial charge in [-0.05, 0) is 62.1 Å². The average molecular weight is 491 g/mol. The number of carbonyl (C=O) groups excluding carboxylic acids is 1. The molecule has 35 heavy (non-hydrogen) atoms. The van der Waals surface area contributed by atoms with E-state index in [4.69, 9.17) is 4.74 Å². The van der Waals surface area contributed by atoms with Gasteiger partial charge in [0.1, 0.15) is 5.75 Å². The minimum Gasteiger partial charge on any atom is -0.497 e. The molecule has 5 rings (SSSR count). The van der Waals surface area contributed by atoms with Crippen LogP contribution in [0.15, 0.2) is 82.9 Å². The van der Waals surface area contributed by atoms with Crippen molar-refractivity contribution in [3.05, 3.63) is 94.7 Å². The number of ether oxygens (including phenoxy) is 1. The van der Waals surface area contributed by atoms with Crippen LogP contribution in [0.1, 0.15) is 40.7 Å². The maximum absolute atomic E-state index is 13.6. The van der Waals surface area contributed by atoms with Gasteiger partial charge >= 0.3 is 0 Å². The number of hydrogen-bond donors (Lipinski definition) is 1. The van der Waals surface area contributed by atoms with E-state index < -0.39 is 15.4 Å². The standard InChI is InChI=1S/C28H30N2O4S/c1-20-8-11-22(12-9-20)35(32,33)30-17-14-28(15-18-30)25-19-21(34-2)10-13-23(25)26(31)24-7-5-3-4-6-16-29-27(24)28/h3-6,8-13,19,29H,7,14-18H2,1-2H3/b5-3-,6-4-. The van der Waals surface area contributed by atoms with Gasteiger partial charge in [0.05, 0.1) is 12.0 Å². The quantitative estimate of drug-likeness (QED) is 0.695. The van der Waals surface area contributed by atoms with Crippen LogP contribution < -0.4 is 10.1 Å². The number of carbonyl (C=O) groups is 1. The molecule has 7 heteroatoms. The van der Waals surface area contributed by atoms with Crippen molar-refractivity contribution in [2.24, 2.45) is 0 Å². The van der Waals surface area contributed by atoms with Crippen LogP contribution in [0.4, 0.5) is 0 Å². The molecule has 2 aliphatic heterocycles. The SMILES string of the molecule is COc1ccc2c(c1)C1(CCN(S(=O)(=O)c3ccc(C)cc3)CC1)C1=C(C/C=C\C=C/CN1)C2=O. The summed E-state index contributed by atoms with van der Waals surface area (Å²) in [6.07, 6.45) is 9.67. The first-order valence-electron chi connectivity index (χ1n) is 12.0. The fourth-order valence-electron chi connectivity index (χ4n) is 5.47. The number of Topliss-reactive ketones (excluding diaryl/α,β-unsaturated/α-hetero) is 1. The lowest BCUT2D eigenvalue weighted by molar-refractivity contribution is 0.101. The van der Waals surface area contributed by atoms with Gasteiger partial charge in [0, 0.05) is 41.9 Å². The number of rotatable bonds is 3. The minimum atomic E-state index is -3.60. The second kappa shape index (κ2) is 9.13. The van der Waals surface area contributed by atoms with Crippen molar-refractivity contribution in [1.29, 1.82) is 0 Å². The molecule has 6 nitrogen and oxygen atoms in total. The van der Waals surface area contributed by atoms with Crippen LogP contribution in [-0.2, 0) is 15.4 Å². The molecule has 0 bridgehead atoms. The minimum absolute atomic E-state index is 0.0250. The average Bonchev–Trinajstić information content (AvgIpc) is 3.00. The number of aryl methyl sites for hydroxylation is 1. The number of hydrogen-bond acceptors (Lipinski definition) is 5. The number of sulfonamides is 1. The topological polar surface area (TPSA) is 75.7 Å². The molecular weight excluding hydrogens is 460 g/mol. The highest BCUT2D eigenvalue weighted by Crippen LogP contribution is 2.49. The van der Waals surface area contributed by atoms with E-state index in [0.717, 1.165) is 22.4 Å². The van der Waals surface area contributed by atoms with E-state index in [1.807, 2.05) is 61.6 Å². The molecule has 0 amide bonds. The summed E-state index contributed by atoms with van der Waals surface area (Å²) in [4.78, 5) is 13.9. The van der Waals surface area contributed by atoms with Gasteiger partial charge in [-0.15, -0.1) is 0 Å². The number of piperidine rings is 1. The molecule has 1 saturated heterocycles. The Hall–Kier alpha value is -3.16. The monoisotopic (exact) mass is 490 g/mol. The molecule has 0 aromatic heterocycles. The van der Waals surface area contributed by atoms with Crippen LogP contribution in [0.25, 0.3) is 0 Å². The Morgan fingerprint density at radius 2 is 1.71 bits per heavy atom. The largest absolute Gasteiger partial charge is 0.497 e. The summed E-state index contributed by atoms with van der Waals surface area (Å²) in [5.74, 6) is 0.717. The molecule has 0 unspecified atom stereocenters. The summed E-state index contributed by atoms with van der Waals surface area (Å²) in [6, 6.07) is 12.6. The Bertz CT molecular complexity index is 1350. The van der Waals surface area contributed by atoms with Crippen molar-refractivity contribution in [2.45, 2.75) is 36.5 Å². The molecule has 2 heterocycles. The lowest BCUT2D eigenvalue weighted by Gasteiger charge is -2.47. The van der Waals surface area contributed by atoms with Crippen molar-refractivity contribution in [3.63, 3.8) is 0 Å². The van der Waals surface area contributed by atoms with E-state index >= 15 is 0 Å². The third-order valence-corrected chi connectivity index (χ3v) is 9.29. The van der Waals surface area contributed by atoms with Crippen LogP contribution in [0.5, 0.6) is 5.75 Å². The van der Waals surface area contributed by atoms with E-state index in [0.29, 0.717) is 55.1 Å². The van der Waals surface area contributed by atoms with Crippen LogP contribution in [-0.4, -0.2) is 45.3 Å². The zero-order valence-corrected chi connectivity index (χ0v) is 20.9. The van der Waals surface area contributed by atoms with Crippen molar-refractivity contribution < 1.29 is 17.9 Å². The summed E-state index contributed by atoms with van der Waals surface area (Å²) >= 11 is 0. The van der Waals surface area contributed by atoms with Crippen molar-refractivity contribution in [1.82, 2.24) is 9.62 Å². The van der Waals surface area contributed by atoms with E-state index in [1.54, 1.807) is 23.5 Å². The van der Waals surface area contributed by atoms with E-state index in [2.05, 4.69) is 5.32 Å². The highest BCUT2D eigenvalue weighted by molar-refractivity contribution is 7.89. The number of allylic oxidation sites excluding steroid dienone is 5. The van der Waals surface area contributed by atoms with Gasteiger partial charge in [-0.3, -0.25) is 4.79 Å². The number of benzene rings is 2. The van der Waals surface area contributed by atoms with E-state index in [9.17, 15) is 13.2 Å². The first-order chi connectivity index (χ1) is 16.9. The third kappa shape index (κ3) is 4.02. The lowest BCUT2D eigenvalue weighted by Crippen LogP contribution is -2.51. The molecule has 182 valence electrons. The molecule has 0 saturated carbocycles. The fourth-order valence-corrected chi connectivity index (χ4v) is 6.91. The van der Waals surface area contributed by atoms with Gasteiger partial charge in [-0.1, -0.05) is 42.0 Å². The summed E-state index contributed by atoms with van der Waals surface area (Å²) in [6.45, 7) is 3.27. The molecule has 0 atom stereocenters. The highest BCUT2D eigenvalue weighted by atomic mass is 32.2. The number of methoxy groups -OCH3 is 1. The maximum Gasteiger partial charge on any atom is 0.243 e. The van der Waals surface area contributed by atoms with Crippen molar-refractivity contribution in [2.75, 3.05) is 26.7 Å².